The smallest absolute Gasteiger partial charge is 0.0645 e. The molecule has 0 spiro atoms. The zero-order valence-electron chi connectivity index (χ0n) is 81.5. The van der Waals surface area contributed by atoms with E-state index < -0.39 is 0 Å². The molecule has 4 aromatic heterocycles. The third kappa shape index (κ3) is 15.4. The zero-order chi connectivity index (χ0) is 91.5. The van der Waals surface area contributed by atoms with Crippen LogP contribution in [-0.4, -0.2) is 18.3 Å². The Morgan fingerprint density at radius 3 is 0.780 bits per heavy atom. The van der Waals surface area contributed by atoms with E-state index in [0.29, 0.717) is 5.56 Å². The fourth-order valence-electron chi connectivity index (χ4n) is 17.0. The Morgan fingerprint density at radius 2 is 0.458 bits per heavy atom. The topological polar surface area (TPSA) is 19.7 Å². The molecule has 0 amide bonds. The monoisotopic (exact) mass is 1550 g/mol. The summed E-state index contributed by atoms with van der Waals surface area (Å²) in [6.45, 7) is 40.7. The maximum absolute atomic E-state index is 8.50. The third-order valence-electron chi connectivity index (χ3n) is 22.9. The first-order valence-electron chi connectivity index (χ1n) is 46.3. The minimum Gasteiger partial charge on any atom is -0.309 e. The SMILES string of the molecule is CC(C)(C)c1cc(-n2c3ccccc3c3cccc(C(C)(C)C)c32)cc(C(C)(C)C)c1.CC(C)(C)c1cccc2c3ccccc3n(-c3cc(-c4ccccc4)cc(-c4ccccc4)c3)c12.[2H]c1c([2H])c([2H])c(-c2ccc(-n3c4ccccc4c4cccc(C(C)(C)C)c43)cc2)c([2H])c1[2H].[2H]c1c([2H])c([2H])c(-n2c3ccccc3c3cccc(C(C)(C)C)c32)c([2H])c1[2H]. The minimum atomic E-state index is -0.379. The van der Waals surface area contributed by atoms with E-state index in [4.69, 9.17) is 13.7 Å². The van der Waals surface area contributed by atoms with E-state index in [1.807, 2.05) is 77.4 Å². The molecule has 4 nitrogen and oxygen atoms in total. The Morgan fingerprint density at radius 1 is 0.186 bits per heavy atom. The molecule has 4 heterocycles. The van der Waals surface area contributed by atoms with E-state index in [0.717, 1.165) is 44.1 Å². The molecule has 0 N–H and O–H groups in total. The van der Waals surface area contributed by atoms with Gasteiger partial charge in [0.05, 0.1) is 57.8 Å². The predicted octanol–water partition coefficient (Wildman–Crippen LogP) is 31.9. The number of hydrogen-bond donors (Lipinski definition) is 0. The van der Waals surface area contributed by atoms with Crippen molar-refractivity contribution in [3.05, 3.63) is 385 Å². The molecule has 0 fully saturated rings. The molecule has 588 valence electrons. The van der Waals surface area contributed by atoms with Crippen LogP contribution >= 0.6 is 0 Å². The summed E-state index contributed by atoms with van der Waals surface area (Å²) >= 11 is 0. The minimum absolute atomic E-state index is 0.0188. The predicted molar refractivity (Wildman–Crippen MR) is 512 cm³/mol. The molecule has 0 radical (unpaired) electrons. The van der Waals surface area contributed by atoms with Crippen LogP contribution in [0.4, 0.5) is 0 Å². The van der Waals surface area contributed by atoms with Crippen molar-refractivity contribution in [1.29, 1.82) is 0 Å². The van der Waals surface area contributed by atoms with Crippen molar-refractivity contribution in [3.8, 4) is 56.1 Å². The lowest BCUT2D eigenvalue weighted by Gasteiger charge is -2.27. The highest BCUT2D eigenvalue weighted by Gasteiger charge is 2.29. The van der Waals surface area contributed by atoms with Crippen molar-refractivity contribution in [2.75, 3.05) is 0 Å². The molecule has 118 heavy (non-hydrogen) atoms. The third-order valence-corrected chi connectivity index (χ3v) is 22.9. The summed E-state index contributed by atoms with van der Waals surface area (Å²) in [6, 6.07) is 100. The Hall–Kier alpha value is -12.5. The molecule has 0 atom stereocenters. The van der Waals surface area contributed by atoms with E-state index in [1.54, 1.807) is 0 Å². The van der Waals surface area contributed by atoms with Gasteiger partial charge in [0.15, 0.2) is 0 Å². The van der Waals surface area contributed by atoms with Crippen molar-refractivity contribution in [2.45, 2.75) is 157 Å². The second-order valence-electron chi connectivity index (χ2n) is 37.5. The van der Waals surface area contributed by atoms with Crippen molar-refractivity contribution >= 4 is 87.2 Å². The maximum atomic E-state index is 8.50. The summed E-state index contributed by atoms with van der Waals surface area (Å²) in [5.74, 6) is 0. The van der Waals surface area contributed by atoms with Crippen LogP contribution in [0.3, 0.4) is 0 Å². The summed E-state index contributed by atoms with van der Waals surface area (Å²) in [7, 11) is 0. The van der Waals surface area contributed by atoms with Gasteiger partial charge in [0.1, 0.15) is 0 Å². The normalized spacial score (nSPS) is 13.5. The van der Waals surface area contributed by atoms with Gasteiger partial charge in [0.2, 0.25) is 0 Å². The van der Waals surface area contributed by atoms with Crippen molar-refractivity contribution in [3.63, 3.8) is 0 Å². The lowest BCUT2D eigenvalue weighted by molar-refractivity contribution is 0.567. The van der Waals surface area contributed by atoms with Gasteiger partial charge in [-0.15, -0.1) is 0 Å². The van der Waals surface area contributed by atoms with E-state index in [2.05, 4.69) is 357 Å². The fourth-order valence-corrected chi connectivity index (χ4v) is 17.0. The molecular weight excluding hydrogens is 1430 g/mol. The second kappa shape index (κ2) is 31.2. The van der Waals surface area contributed by atoms with Crippen LogP contribution in [0.1, 0.15) is 172 Å². The van der Waals surface area contributed by atoms with Crippen molar-refractivity contribution in [1.82, 2.24) is 18.3 Å². The number of rotatable bonds is 7. The molecule has 0 unspecified atom stereocenters. The molecule has 15 aromatic carbocycles. The lowest BCUT2D eigenvalue weighted by Crippen LogP contribution is -2.18. The molecular formula is C114H112N4. The molecule has 4 heteroatoms. The summed E-state index contributed by atoms with van der Waals surface area (Å²) < 4.78 is 90.7. The standard InChI is InChI=1S/C34H29N.C30H37N.C28H25N.C22H21N/c1-34(2,3)31-19-12-18-30-29-17-10-11-20-32(29)35(33(30)31)28-22-26(24-13-6-4-7-14-24)21-27(23-28)25-15-8-5-9-16-25;1-28(2,3)20-17-21(29(4,5)6)19-22(18-20)31-26-16-11-10-13-23(26)24-14-12-15-25(27(24)31)30(7,8)9;1-28(2,3)25-14-9-13-24-23-12-7-8-15-26(23)29(27(24)25)22-18-16-21(17-19-22)20-10-5-4-6-11-20;1-22(2,3)19-14-9-13-18-17-12-7-8-15-20(17)23(21(18)19)16-10-5-4-6-11-16/h4-23H,1-3H3;10-19H,1-9H3;4-19H,1-3H3;4-15H,1-3H3/i;;2*4D,5D,6D,10D,11D. The van der Waals surface area contributed by atoms with E-state index in [-0.39, 0.29) is 104 Å². The highest BCUT2D eigenvalue weighted by atomic mass is 15.0. The van der Waals surface area contributed by atoms with Gasteiger partial charge in [-0.05, 0) is 178 Å². The molecule has 0 aliphatic rings. The first-order valence-corrected chi connectivity index (χ1v) is 41.3. The number of aromatic nitrogens is 4. The van der Waals surface area contributed by atoms with Crippen LogP contribution < -0.4 is 0 Å². The van der Waals surface area contributed by atoms with Crippen molar-refractivity contribution < 1.29 is 13.7 Å². The van der Waals surface area contributed by atoms with Gasteiger partial charge in [-0.3, -0.25) is 0 Å². The largest absolute Gasteiger partial charge is 0.309 e. The zero-order valence-corrected chi connectivity index (χ0v) is 71.5. The summed E-state index contributed by atoms with van der Waals surface area (Å²) in [6.07, 6.45) is 0. The highest BCUT2D eigenvalue weighted by molar-refractivity contribution is 6.14. The van der Waals surface area contributed by atoms with Crippen LogP contribution in [0.2, 0.25) is 0 Å². The van der Waals surface area contributed by atoms with Crippen LogP contribution in [0.5, 0.6) is 0 Å². The Balaban J connectivity index is 0.000000126. The number of nitrogens with zero attached hydrogens (tertiary/aromatic N) is 4. The molecule has 0 saturated carbocycles. The van der Waals surface area contributed by atoms with Crippen molar-refractivity contribution in [2.24, 2.45) is 0 Å². The van der Waals surface area contributed by atoms with E-state index >= 15 is 0 Å². The second-order valence-corrected chi connectivity index (χ2v) is 37.5. The fraction of sp³-hybridized carbons (Fsp3) is 0.211. The number of hydrogen-bond acceptors (Lipinski definition) is 0. The van der Waals surface area contributed by atoms with Crippen LogP contribution in [0.15, 0.2) is 352 Å². The van der Waals surface area contributed by atoms with Gasteiger partial charge < -0.3 is 18.3 Å². The average Bonchev–Trinajstić information content (AvgIpc) is 1.58. The number of para-hydroxylation sites is 9. The molecule has 0 aliphatic heterocycles. The first kappa shape index (κ1) is 67.6. The van der Waals surface area contributed by atoms with E-state index in [1.165, 1.54) is 116 Å². The van der Waals surface area contributed by atoms with Gasteiger partial charge in [-0.2, -0.15) is 0 Å². The Kier molecular flexibility index (Phi) is 17.9. The quantitative estimate of drug-likeness (QED) is 0.152. The summed E-state index contributed by atoms with van der Waals surface area (Å²) in [5.41, 5.74) is 26.3. The average molecular weight is 1550 g/mol. The van der Waals surface area contributed by atoms with Crippen LogP contribution in [-0.2, 0) is 32.5 Å². The maximum Gasteiger partial charge on any atom is 0.0645 e. The van der Waals surface area contributed by atoms with Gasteiger partial charge in [-0.1, -0.05) is 397 Å². The van der Waals surface area contributed by atoms with Crippen LogP contribution in [0.25, 0.3) is 143 Å². The molecule has 0 aliphatic carbocycles. The molecule has 19 rings (SSSR count). The van der Waals surface area contributed by atoms with Gasteiger partial charge in [-0.25, -0.2) is 0 Å². The summed E-state index contributed by atoms with van der Waals surface area (Å²) in [4.78, 5) is 0. The summed E-state index contributed by atoms with van der Waals surface area (Å²) in [5, 5.41) is 9.63. The molecule has 19 aromatic rings. The lowest BCUT2D eigenvalue weighted by atomic mass is 9.80. The number of benzene rings is 15. The Labute approximate surface area is 713 Å². The van der Waals surface area contributed by atoms with Gasteiger partial charge in [0.25, 0.3) is 0 Å². The first-order chi connectivity index (χ1) is 60.5. The van der Waals surface area contributed by atoms with Crippen LogP contribution in [0, 0.1) is 0 Å². The van der Waals surface area contributed by atoms with Gasteiger partial charge >= 0.3 is 0 Å². The molecule has 0 bridgehead atoms. The van der Waals surface area contributed by atoms with Gasteiger partial charge in [0, 0.05) is 65.8 Å². The highest BCUT2D eigenvalue weighted by Crippen LogP contribution is 2.46. The molecule has 0 saturated heterocycles. The van der Waals surface area contributed by atoms with E-state index in [9.17, 15) is 0 Å². The Bertz CT molecular complexity index is 7380. The number of fused-ring (bicyclic) bond motifs is 12.